The molecule has 19 heteroatoms. The van der Waals surface area contributed by atoms with Crippen LogP contribution in [0.2, 0.25) is 0 Å². The van der Waals surface area contributed by atoms with Crippen LogP contribution in [0.1, 0.15) is 383 Å². The Morgan fingerprint density at radius 3 is 0.747 bits per heavy atom. The number of esters is 4. The minimum atomic E-state index is -4.96. The summed E-state index contributed by atoms with van der Waals surface area (Å²) in [7, 11) is -9.91. The third-order valence-electron chi connectivity index (χ3n) is 18.7. The van der Waals surface area contributed by atoms with E-state index in [9.17, 15) is 43.2 Å². The number of carbonyl (C=O) groups is 4. The summed E-state index contributed by atoms with van der Waals surface area (Å²) in [5, 5.41) is 10.6. The molecule has 0 heterocycles. The monoisotopic (exact) mass is 1400 g/mol. The lowest BCUT2D eigenvalue weighted by molar-refractivity contribution is -0.161. The van der Waals surface area contributed by atoms with Gasteiger partial charge in [0.1, 0.15) is 19.3 Å². The molecule has 95 heavy (non-hydrogen) atoms. The second kappa shape index (κ2) is 65.4. The molecule has 0 fully saturated rings. The molecule has 0 aromatic rings. The van der Waals surface area contributed by atoms with Gasteiger partial charge in [-0.2, -0.15) is 0 Å². The molecule has 0 aromatic carbocycles. The van der Waals surface area contributed by atoms with Crippen LogP contribution in [-0.2, 0) is 65.4 Å². The fourth-order valence-electron chi connectivity index (χ4n) is 11.5. The fraction of sp³-hybridized carbons (Fsp3) is 0.947. The van der Waals surface area contributed by atoms with Gasteiger partial charge in [-0.05, 0) is 49.4 Å². The number of aliphatic hydroxyl groups excluding tert-OH is 1. The molecule has 0 aliphatic carbocycles. The molecule has 0 saturated heterocycles. The predicted octanol–water partition coefficient (Wildman–Crippen LogP) is 22.0. The molecular formula is C76H148O17P2. The Balaban J connectivity index is 5.16. The third-order valence-corrected chi connectivity index (χ3v) is 20.6. The van der Waals surface area contributed by atoms with Gasteiger partial charge in [0.05, 0.1) is 26.4 Å². The molecule has 564 valence electrons. The van der Waals surface area contributed by atoms with Crippen molar-refractivity contribution >= 4 is 39.5 Å². The molecule has 0 bridgehead atoms. The molecule has 17 nitrogen and oxygen atoms in total. The van der Waals surface area contributed by atoms with Crippen LogP contribution in [-0.4, -0.2) is 96.7 Å². The standard InChI is InChI=1S/C76H148O17P2/c1-9-67(6)53-45-37-28-22-20-18-16-14-12-13-15-17-19-21-23-32-42-50-58-75(80)92-72(63-87-74(79)57-49-41-35-34-36-44-52-66(4)5)65-91-95(84,85)89-61-70(77)60-88-94(82,83)90-64-71(93-76(81)59-51-43-33-27-25-30-39-47-55-69(8)11-3)62-86-73(78)56-48-40-31-26-24-29-38-46-54-68(7)10-2/h66-72,77H,9-65H2,1-8H3,(H,82,83)(H,84,85)/t67?,68?,69?,70-,71-,72-/m1/s1. The molecule has 0 amide bonds. The van der Waals surface area contributed by atoms with Gasteiger partial charge in [0.15, 0.2) is 12.2 Å². The molecular weight excluding hydrogens is 1250 g/mol. The maximum atomic E-state index is 13.1. The first-order valence-electron chi connectivity index (χ1n) is 39.3. The van der Waals surface area contributed by atoms with Crippen LogP contribution in [0.3, 0.4) is 0 Å². The number of unbranched alkanes of at least 4 members (excludes halogenated alkanes) is 36. The van der Waals surface area contributed by atoms with Crippen LogP contribution in [0.25, 0.3) is 0 Å². The Labute approximate surface area is 581 Å². The lowest BCUT2D eigenvalue weighted by Gasteiger charge is -2.21. The summed E-state index contributed by atoms with van der Waals surface area (Å²) >= 11 is 0. The van der Waals surface area contributed by atoms with Gasteiger partial charge in [0.25, 0.3) is 0 Å². The first-order valence-corrected chi connectivity index (χ1v) is 42.3. The smallest absolute Gasteiger partial charge is 0.462 e. The summed E-state index contributed by atoms with van der Waals surface area (Å²) in [5.74, 6) is 0.971. The fourth-order valence-corrected chi connectivity index (χ4v) is 13.0. The molecule has 8 atom stereocenters. The van der Waals surface area contributed by atoms with E-state index in [-0.39, 0.29) is 25.7 Å². The Morgan fingerprint density at radius 2 is 0.505 bits per heavy atom. The topological polar surface area (TPSA) is 237 Å². The summed E-state index contributed by atoms with van der Waals surface area (Å²) in [6.45, 7) is 14.2. The van der Waals surface area contributed by atoms with Crippen LogP contribution in [0.15, 0.2) is 0 Å². The summed E-state index contributed by atoms with van der Waals surface area (Å²) in [6, 6.07) is 0. The largest absolute Gasteiger partial charge is 0.472 e. The first-order chi connectivity index (χ1) is 45.7. The van der Waals surface area contributed by atoms with E-state index >= 15 is 0 Å². The quantitative estimate of drug-likeness (QED) is 0.0222. The maximum Gasteiger partial charge on any atom is 0.472 e. The van der Waals surface area contributed by atoms with Crippen LogP contribution >= 0.6 is 15.6 Å². The zero-order valence-corrected chi connectivity index (χ0v) is 64.1. The van der Waals surface area contributed by atoms with Gasteiger partial charge in [-0.15, -0.1) is 0 Å². The molecule has 0 aromatic heterocycles. The Morgan fingerprint density at radius 1 is 0.295 bits per heavy atom. The SMILES string of the molecule is CCC(C)CCCCCCCCCCCCCCCCCCCCC(=O)O[C@H](COC(=O)CCCCCCCCC(C)C)COP(=O)(O)OC[C@H](O)COP(=O)(O)OC[C@@H](COC(=O)CCCCCCCCCCC(C)CC)OC(=O)CCCCCCCCCCC(C)CC. The highest BCUT2D eigenvalue weighted by atomic mass is 31.2. The second-order valence-corrected chi connectivity index (χ2v) is 31.5. The van der Waals surface area contributed by atoms with Crippen LogP contribution in [0.5, 0.6) is 0 Å². The van der Waals surface area contributed by atoms with Crippen molar-refractivity contribution in [3.8, 4) is 0 Å². The Bertz CT molecular complexity index is 1870. The molecule has 5 unspecified atom stereocenters. The van der Waals surface area contributed by atoms with Crippen molar-refractivity contribution < 1.29 is 80.2 Å². The second-order valence-electron chi connectivity index (χ2n) is 28.6. The van der Waals surface area contributed by atoms with Crippen molar-refractivity contribution in [3.63, 3.8) is 0 Å². The van der Waals surface area contributed by atoms with Crippen LogP contribution in [0, 0.1) is 23.7 Å². The van der Waals surface area contributed by atoms with Gasteiger partial charge >= 0.3 is 39.5 Å². The van der Waals surface area contributed by atoms with Gasteiger partial charge in [-0.3, -0.25) is 37.3 Å². The Kier molecular flexibility index (Phi) is 64.0. The molecule has 3 N–H and O–H groups in total. The van der Waals surface area contributed by atoms with E-state index in [0.29, 0.717) is 31.6 Å². The molecule has 0 rings (SSSR count). The molecule has 0 spiro atoms. The number of ether oxygens (including phenoxy) is 4. The lowest BCUT2D eigenvalue weighted by atomic mass is 9.99. The van der Waals surface area contributed by atoms with E-state index in [2.05, 4.69) is 55.4 Å². The summed E-state index contributed by atoms with van der Waals surface area (Å²) in [6.07, 6.45) is 50.1. The average Bonchev–Trinajstić information content (AvgIpc) is 1.61. The van der Waals surface area contributed by atoms with Crippen molar-refractivity contribution in [2.75, 3.05) is 39.6 Å². The number of carbonyl (C=O) groups excluding carboxylic acids is 4. The number of rotatable bonds is 73. The van der Waals surface area contributed by atoms with Crippen LogP contribution in [0.4, 0.5) is 0 Å². The van der Waals surface area contributed by atoms with E-state index in [1.54, 1.807) is 0 Å². The number of aliphatic hydroxyl groups is 1. The summed E-state index contributed by atoms with van der Waals surface area (Å²) in [4.78, 5) is 72.7. The van der Waals surface area contributed by atoms with Gasteiger partial charge < -0.3 is 33.8 Å². The number of phosphoric acid groups is 2. The summed E-state index contributed by atoms with van der Waals surface area (Å²) < 4.78 is 68.4. The van der Waals surface area contributed by atoms with Gasteiger partial charge in [-0.1, -0.05) is 331 Å². The van der Waals surface area contributed by atoms with Crippen molar-refractivity contribution in [2.24, 2.45) is 23.7 Å². The molecule has 0 radical (unpaired) electrons. The molecule has 0 aliphatic rings. The number of hydrogen-bond donors (Lipinski definition) is 3. The average molecular weight is 1400 g/mol. The van der Waals surface area contributed by atoms with Crippen molar-refractivity contribution in [1.82, 2.24) is 0 Å². The van der Waals surface area contributed by atoms with Crippen molar-refractivity contribution in [1.29, 1.82) is 0 Å². The molecule has 0 saturated carbocycles. The first kappa shape index (κ1) is 93.1. The zero-order valence-electron chi connectivity index (χ0n) is 62.3. The summed E-state index contributed by atoms with van der Waals surface area (Å²) in [5.41, 5.74) is 0. The van der Waals surface area contributed by atoms with E-state index in [0.717, 1.165) is 114 Å². The normalized spacial score (nSPS) is 15.0. The Hall–Kier alpha value is -1.94. The highest BCUT2D eigenvalue weighted by Gasteiger charge is 2.30. The minimum Gasteiger partial charge on any atom is -0.462 e. The van der Waals surface area contributed by atoms with Gasteiger partial charge in [-0.25, -0.2) is 9.13 Å². The van der Waals surface area contributed by atoms with Gasteiger partial charge in [0.2, 0.25) is 0 Å². The van der Waals surface area contributed by atoms with E-state index in [1.807, 2.05) is 0 Å². The zero-order chi connectivity index (χ0) is 70.3. The number of phosphoric ester groups is 2. The highest BCUT2D eigenvalue weighted by molar-refractivity contribution is 7.47. The minimum absolute atomic E-state index is 0.104. The highest BCUT2D eigenvalue weighted by Crippen LogP contribution is 2.45. The van der Waals surface area contributed by atoms with E-state index in [4.69, 9.17) is 37.0 Å². The predicted molar refractivity (Wildman–Crippen MR) is 386 cm³/mol. The van der Waals surface area contributed by atoms with E-state index in [1.165, 1.54) is 180 Å². The van der Waals surface area contributed by atoms with E-state index < -0.39 is 97.5 Å². The lowest BCUT2D eigenvalue weighted by Crippen LogP contribution is -2.30. The third kappa shape index (κ3) is 66.4. The molecule has 0 aliphatic heterocycles. The van der Waals surface area contributed by atoms with Crippen LogP contribution < -0.4 is 0 Å². The van der Waals surface area contributed by atoms with Crippen molar-refractivity contribution in [2.45, 2.75) is 401 Å². The van der Waals surface area contributed by atoms with Gasteiger partial charge in [0, 0.05) is 25.7 Å². The van der Waals surface area contributed by atoms with Crippen molar-refractivity contribution in [3.05, 3.63) is 0 Å². The maximum absolute atomic E-state index is 13.1. The number of hydrogen-bond acceptors (Lipinski definition) is 15.